The standard InChI is InChI=1S/C12H11N3O2S/c16-12(10-2-1-5-17-10)15-7-3-4-9(15)11-8(6-7)13-14-18-11/h1-2,5,7,9H,3-4,6H2. The third-order valence-corrected chi connectivity index (χ3v) is 4.65. The molecule has 2 aliphatic heterocycles. The van der Waals surface area contributed by atoms with Crippen molar-refractivity contribution >= 4 is 17.4 Å². The third-order valence-electron chi connectivity index (χ3n) is 3.79. The lowest BCUT2D eigenvalue weighted by Gasteiger charge is -2.32. The van der Waals surface area contributed by atoms with Gasteiger partial charge in [-0.3, -0.25) is 4.79 Å². The minimum Gasteiger partial charge on any atom is -0.459 e. The second-order valence-corrected chi connectivity index (χ2v) is 5.51. The molecule has 2 unspecified atom stereocenters. The number of hydrogen-bond acceptors (Lipinski definition) is 5. The van der Waals surface area contributed by atoms with Crippen molar-refractivity contribution in [3.8, 4) is 0 Å². The summed E-state index contributed by atoms with van der Waals surface area (Å²) in [4.78, 5) is 15.6. The molecule has 2 atom stereocenters. The summed E-state index contributed by atoms with van der Waals surface area (Å²) in [5.74, 6) is 0.416. The fourth-order valence-electron chi connectivity index (χ4n) is 3.01. The maximum Gasteiger partial charge on any atom is 0.290 e. The largest absolute Gasteiger partial charge is 0.459 e. The zero-order chi connectivity index (χ0) is 12.1. The molecule has 1 amide bonds. The highest BCUT2D eigenvalue weighted by atomic mass is 32.1. The first kappa shape index (κ1) is 10.3. The molecular weight excluding hydrogens is 250 g/mol. The summed E-state index contributed by atoms with van der Waals surface area (Å²) in [5, 5.41) is 4.16. The van der Waals surface area contributed by atoms with Crippen molar-refractivity contribution in [2.45, 2.75) is 31.3 Å². The van der Waals surface area contributed by atoms with Crippen LogP contribution in [0.25, 0.3) is 0 Å². The number of hydrogen-bond donors (Lipinski definition) is 0. The topological polar surface area (TPSA) is 59.2 Å². The van der Waals surface area contributed by atoms with Crippen LogP contribution >= 0.6 is 11.5 Å². The van der Waals surface area contributed by atoms with Crippen LogP contribution in [-0.4, -0.2) is 26.4 Å². The molecule has 0 spiro atoms. The van der Waals surface area contributed by atoms with E-state index < -0.39 is 0 Å². The van der Waals surface area contributed by atoms with E-state index in [2.05, 4.69) is 9.59 Å². The van der Waals surface area contributed by atoms with Gasteiger partial charge in [-0.2, -0.15) is 0 Å². The summed E-state index contributed by atoms with van der Waals surface area (Å²) in [6.07, 6.45) is 4.42. The predicted molar refractivity (Wildman–Crippen MR) is 64.3 cm³/mol. The van der Waals surface area contributed by atoms with Crippen LogP contribution in [0, 0.1) is 0 Å². The number of rotatable bonds is 1. The molecule has 0 saturated carbocycles. The van der Waals surface area contributed by atoms with Crippen molar-refractivity contribution in [2.75, 3.05) is 0 Å². The molecule has 92 valence electrons. The lowest BCUT2D eigenvalue weighted by Crippen LogP contribution is -2.41. The van der Waals surface area contributed by atoms with Crippen molar-refractivity contribution in [3.05, 3.63) is 34.7 Å². The molecule has 5 nitrogen and oxygen atoms in total. The minimum absolute atomic E-state index is 0.00782. The van der Waals surface area contributed by atoms with E-state index in [9.17, 15) is 4.79 Å². The van der Waals surface area contributed by atoms with E-state index in [4.69, 9.17) is 4.42 Å². The Morgan fingerprint density at radius 2 is 2.44 bits per heavy atom. The van der Waals surface area contributed by atoms with Crippen LogP contribution in [0.2, 0.25) is 0 Å². The molecule has 4 rings (SSSR count). The molecule has 2 aromatic heterocycles. The smallest absolute Gasteiger partial charge is 0.290 e. The van der Waals surface area contributed by atoms with E-state index in [1.807, 2.05) is 4.90 Å². The number of carbonyl (C=O) groups is 1. The van der Waals surface area contributed by atoms with Crippen LogP contribution in [-0.2, 0) is 6.42 Å². The molecule has 0 radical (unpaired) electrons. The monoisotopic (exact) mass is 261 g/mol. The molecule has 0 N–H and O–H groups in total. The van der Waals surface area contributed by atoms with Crippen molar-refractivity contribution in [1.82, 2.24) is 14.5 Å². The predicted octanol–water partition coefficient (Wildman–Crippen LogP) is 2.03. The molecule has 1 saturated heterocycles. The Labute approximate surface area is 108 Å². The van der Waals surface area contributed by atoms with Crippen LogP contribution in [0.1, 0.15) is 40.0 Å². The SMILES string of the molecule is O=C(c1ccco1)N1C2CCC1c1snnc1C2. The van der Waals surface area contributed by atoms with E-state index in [1.165, 1.54) is 11.5 Å². The lowest BCUT2D eigenvalue weighted by atomic mass is 10.0. The number of furan rings is 1. The van der Waals surface area contributed by atoms with Crippen molar-refractivity contribution in [2.24, 2.45) is 0 Å². The Morgan fingerprint density at radius 1 is 1.50 bits per heavy atom. The van der Waals surface area contributed by atoms with Gasteiger partial charge in [0.15, 0.2) is 5.76 Å². The number of aromatic nitrogens is 2. The number of nitrogens with zero attached hydrogens (tertiary/aromatic N) is 3. The molecule has 2 bridgehead atoms. The second kappa shape index (κ2) is 3.65. The van der Waals surface area contributed by atoms with Gasteiger partial charge >= 0.3 is 0 Å². The molecule has 0 aromatic carbocycles. The quantitative estimate of drug-likeness (QED) is 0.788. The Bertz CT molecular complexity index is 592. The maximum atomic E-state index is 12.4. The fraction of sp³-hybridized carbons (Fsp3) is 0.417. The summed E-state index contributed by atoms with van der Waals surface area (Å²) in [5.41, 5.74) is 1.08. The average Bonchev–Trinajstić information content (AvgIpc) is 3.08. The average molecular weight is 261 g/mol. The van der Waals surface area contributed by atoms with Gasteiger partial charge in [-0.1, -0.05) is 4.49 Å². The van der Waals surface area contributed by atoms with Gasteiger partial charge in [-0.05, 0) is 36.5 Å². The first-order chi connectivity index (χ1) is 8.84. The van der Waals surface area contributed by atoms with E-state index in [1.54, 1.807) is 18.4 Å². The highest BCUT2D eigenvalue weighted by Crippen LogP contribution is 2.45. The van der Waals surface area contributed by atoms with Gasteiger partial charge in [0, 0.05) is 12.5 Å². The van der Waals surface area contributed by atoms with Gasteiger partial charge in [0.25, 0.3) is 5.91 Å². The van der Waals surface area contributed by atoms with E-state index in [-0.39, 0.29) is 18.0 Å². The van der Waals surface area contributed by atoms with Gasteiger partial charge in [0.1, 0.15) is 0 Å². The van der Waals surface area contributed by atoms with Gasteiger partial charge in [-0.15, -0.1) is 5.10 Å². The van der Waals surface area contributed by atoms with E-state index in [0.29, 0.717) is 5.76 Å². The first-order valence-electron chi connectivity index (χ1n) is 6.02. The second-order valence-electron chi connectivity index (χ2n) is 4.72. The molecular formula is C12H11N3O2S. The highest BCUT2D eigenvalue weighted by molar-refractivity contribution is 7.05. The van der Waals surface area contributed by atoms with Crippen LogP contribution < -0.4 is 0 Å². The Balaban J connectivity index is 1.74. The Hall–Kier alpha value is -1.69. The number of amides is 1. The van der Waals surface area contributed by atoms with Gasteiger partial charge < -0.3 is 9.32 Å². The molecule has 2 aliphatic rings. The van der Waals surface area contributed by atoms with Gasteiger partial charge in [-0.25, -0.2) is 0 Å². The van der Waals surface area contributed by atoms with E-state index >= 15 is 0 Å². The molecule has 2 aromatic rings. The van der Waals surface area contributed by atoms with E-state index in [0.717, 1.165) is 29.8 Å². The maximum absolute atomic E-state index is 12.4. The number of fused-ring (bicyclic) bond motifs is 4. The summed E-state index contributed by atoms with van der Waals surface area (Å²) >= 11 is 1.42. The molecule has 1 fully saturated rings. The summed E-state index contributed by atoms with van der Waals surface area (Å²) in [6, 6.07) is 3.88. The summed E-state index contributed by atoms with van der Waals surface area (Å²) in [6.45, 7) is 0. The zero-order valence-electron chi connectivity index (χ0n) is 9.57. The molecule has 18 heavy (non-hydrogen) atoms. The van der Waals surface area contributed by atoms with Gasteiger partial charge in [0.2, 0.25) is 0 Å². The Kier molecular flexibility index (Phi) is 2.08. The zero-order valence-corrected chi connectivity index (χ0v) is 10.4. The fourth-order valence-corrected chi connectivity index (χ4v) is 3.82. The molecule has 4 heterocycles. The minimum atomic E-state index is -0.00782. The lowest BCUT2D eigenvalue weighted by molar-refractivity contribution is 0.0615. The van der Waals surface area contributed by atoms with Crippen LogP contribution in [0.15, 0.2) is 22.8 Å². The van der Waals surface area contributed by atoms with Crippen LogP contribution in [0.3, 0.4) is 0 Å². The molecule has 0 aliphatic carbocycles. The number of carbonyl (C=O) groups excluding carboxylic acids is 1. The van der Waals surface area contributed by atoms with Crippen molar-refractivity contribution in [1.29, 1.82) is 0 Å². The Morgan fingerprint density at radius 3 is 3.28 bits per heavy atom. The summed E-state index contributed by atoms with van der Waals surface area (Å²) < 4.78 is 9.23. The van der Waals surface area contributed by atoms with Crippen LogP contribution in [0.4, 0.5) is 0 Å². The first-order valence-corrected chi connectivity index (χ1v) is 6.79. The van der Waals surface area contributed by atoms with Gasteiger partial charge in [0.05, 0.1) is 22.9 Å². The van der Waals surface area contributed by atoms with Crippen molar-refractivity contribution < 1.29 is 9.21 Å². The van der Waals surface area contributed by atoms with Crippen molar-refractivity contribution in [3.63, 3.8) is 0 Å². The molecule has 6 heteroatoms. The third kappa shape index (κ3) is 1.29. The highest BCUT2D eigenvalue weighted by Gasteiger charge is 2.45. The van der Waals surface area contributed by atoms with Crippen LogP contribution in [0.5, 0.6) is 0 Å². The normalized spacial score (nSPS) is 25.2. The summed E-state index contributed by atoms with van der Waals surface area (Å²) in [7, 11) is 0.